The predicted octanol–water partition coefficient (Wildman–Crippen LogP) is 4.05. The van der Waals surface area contributed by atoms with Gasteiger partial charge in [0.2, 0.25) is 5.91 Å². The summed E-state index contributed by atoms with van der Waals surface area (Å²) < 4.78 is 5.74. The average molecular weight is 383 g/mol. The third-order valence-electron chi connectivity index (χ3n) is 4.19. The lowest BCUT2D eigenvalue weighted by molar-refractivity contribution is -0.114. The van der Waals surface area contributed by atoms with Crippen LogP contribution in [0, 0.1) is 0 Å². The standard InChI is InChI=1S/C22H29N3O3/c1-4-14-23-22(27)17-6-8-19(9-7-17)25-21(26)15-24-18-10-12-20(13-11-18)28-16(3)5-2/h6-13,16,24H,4-5,14-15H2,1-3H3,(H,23,27)(H,25,26). The molecule has 1 unspecified atom stereocenters. The molecule has 3 N–H and O–H groups in total. The lowest BCUT2D eigenvalue weighted by Crippen LogP contribution is -2.24. The van der Waals surface area contributed by atoms with E-state index in [4.69, 9.17) is 4.74 Å². The van der Waals surface area contributed by atoms with Crippen molar-refractivity contribution in [3.8, 4) is 5.75 Å². The van der Waals surface area contributed by atoms with Crippen molar-refractivity contribution in [3.05, 3.63) is 54.1 Å². The summed E-state index contributed by atoms with van der Waals surface area (Å²) >= 11 is 0. The molecular formula is C22H29N3O3. The van der Waals surface area contributed by atoms with Gasteiger partial charge >= 0.3 is 0 Å². The fraction of sp³-hybridized carbons (Fsp3) is 0.364. The van der Waals surface area contributed by atoms with Crippen LogP contribution in [0.2, 0.25) is 0 Å². The highest BCUT2D eigenvalue weighted by Crippen LogP contribution is 2.17. The van der Waals surface area contributed by atoms with E-state index < -0.39 is 0 Å². The Kier molecular flexibility index (Phi) is 8.34. The fourth-order valence-electron chi connectivity index (χ4n) is 2.40. The Morgan fingerprint density at radius 3 is 2.21 bits per heavy atom. The maximum Gasteiger partial charge on any atom is 0.251 e. The van der Waals surface area contributed by atoms with Gasteiger partial charge in [0.25, 0.3) is 5.91 Å². The van der Waals surface area contributed by atoms with E-state index >= 15 is 0 Å². The molecule has 0 aliphatic heterocycles. The number of amides is 2. The Labute approximate surface area is 166 Å². The summed E-state index contributed by atoms with van der Waals surface area (Å²) in [5.74, 6) is 0.540. The molecular weight excluding hydrogens is 354 g/mol. The van der Waals surface area contributed by atoms with Crippen LogP contribution in [0.4, 0.5) is 11.4 Å². The van der Waals surface area contributed by atoms with E-state index in [2.05, 4.69) is 22.9 Å². The number of anilines is 2. The summed E-state index contributed by atoms with van der Waals surface area (Å²) in [4.78, 5) is 24.0. The minimum Gasteiger partial charge on any atom is -0.491 e. The van der Waals surface area contributed by atoms with Crippen molar-refractivity contribution >= 4 is 23.2 Å². The highest BCUT2D eigenvalue weighted by molar-refractivity contribution is 5.96. The topological polar surface area (TPSA) is 79.5 Å². The van der Waals surface area contributed by atoms with Gasteiger partial charge in [0, 0.05) is 23.5 Å². The van der Waals surface area contributed by atoms with Crippen LogP contribution in [0.15, 0.2) is 48.5 Å². The molecule has 0 bridgehead atoms. The molecule has 0 fully saturated rings. The van der Waals surface area contributed by atoms with Crippen LogP contribution >= 0.6 is 0 Å². The molecule has 0 aliphatic carbocycles. The molecule has 1 atom stereocenters. The molecule has 6 heteroatoms. The number of carbonyl (C=O) groups is 2. The number of ether oxygens (including phenoxy) is 1. The maximum absolute atomic E-state index is 12.1. The lowest BCUT2D eigenvalue weighted by Gasteiger charge is -2.13. The van der Waals surface area contributed by atoms with Gasteiger partial charge in [-0.15, -0.1) is 0 Å². The zero-order valence-corrected chi connectivity index (χ0v) is 16.7. The van der Waals surface area contributed by atoms with Crippen molar-refractivity contribution in [1.82, 2.24) is 5.32 Å². The van der Waals surface area contributed by atoms with Crippen LogP contribution in [0.1, 0.15) is 44.0 Å². The van der Waals surface area contributed by atoms with Gasteiger partial charge < -0.3 is 20.7 Å². The quantitative estimate of drug-likeness (QED) is 0.578. The molecule has 6 nitrogen and oxygen atoms in total. The second kappa shape index (κ2) is 11.0. The third-order valence-corrected chi connectivity index (χ3v) is 4.19. The van der Waals surface area contributed by atoms with Gasteiger partial charge in [-0.3, -0.25) is 9.59 Å². The Balaban J connectivity index is 1.80. The minimum atomic E-state index is -0.164. The minimum absolute atomic E-state index is 0.109. The monoisotopic (exact) mass is 383 g/mol. The molecule has 2 amide bonds. The van der Waals surface area contributed by atoms with Crippen LogP contribution < -0.4 is 20.7 Å². The Bertz CT molecular complexity index is 758. The first kappa shape index (κ1) is 21.3. The van der Waals surface area contributed by atoms with Crippen molar-refractivity contribution in [2.75, 3.05) is 23.7 Å². The number of nitrogens with one attached hydrogen (secondary N) is 3. The summed E-state index contributed by atoms with van der Waals surface area (Å²) in [5.41, 5.74) is 2.06. The van der Waals surface area contributed by atoms with Crippen LogP contribution in [-0.4, -0.2) is 31.0 Å². The Morgan fingerprint density at radius 2 is 1.61 bits per heavy atom. The van der Waals surface area contributed by atoms with E-state index in [1.165, 1.54) is 0 Å². The van der Waals surface area contributed by atoms with Gasteiger partial charge in [0.15, 0.2) is 0 Å². The van der Waals surface area contributed by atoms with Gasteiger partial charge in [0.1, 0.15) is 5.75 Å². The molecule has 2 aromatic rings. The zero-order chi connectivity index (χ0) is 20.4. The molecule has 0 radical (unpaired) electrons. The molecule has 2 rings (SSSR count). The lowest BCUT2D eigenvalue weighted by atomic mass is 10.2. The van der Waals surface area contributed by atoms with Gasteiger partial charge in [-0.25, -0.2) is 0 Å². The number of carbonyl (C=O) groups excluding carboxylic acids is 2. The van der Waals surface area contributed by atoms with Crippen LogP contribution in [0.5, 0.6) is 5.75 Å². The highest BCUT2D eigenvalue weighted by atomic mass is 16.5. The summed E-state index contributed by atoms with van der Waals surface area (Å²) in [6.07, 6.45) is 2.01. The van der Waals surface area contributed by atoms with E-state index in [0.29, 0.717) is 17.8 Å². The summed E-state index contributed by atoms with van der Waals surface area (Å²) in [6.45, 7) is 6.90. The Hall–Kier alpha value is -3.02. The van der Waals surface area contributed by atoms with Gasteiger partial charge in [-0.2, -0.15) is 0 Å². The van der Waals surface area contributed by atoms with Crippen LogP contribution in [0.25, 0.3) is 0 Å². The molecule has 2 aromatic carbocycles. The molecule has 150 valence electrons. The largest absolute Gasteiger partial charge is 0.491 e. The molecule has 0 aliphatic rings. The molecule has 0 spiro atoms. The molecule has 0 heterocycles. The molecule has 0 saturated carbocycles. The van der Waals surface area contributed by atoms with Gasteiger partial charge in [-0.05, 0) is 68.3 Å². The number of hydrogen-bond donors (Lipinski definition) is 3. The van der Waals surface area contributed by atoms with E-state index in [9.17, 15) is 9.59 Å². The van der Waals surface area contributed by atoms with Crippen molar-refractivity contribution < 1.29 is 14.3 Å². The van der Waals surface area contributed by atoms with E-state index in [1.807, 2.05) is 38.1 Å². The predicted molar refractivity (Wildman–Crippen MR) is 113 cm³/mol. The molecule has 28 heavy (non-hydrogen) atoms. The van der Waals surface area contributed by atoms with Crippen molar-refractivity contribution in [2.45, 2.75) is 39.7 Å². The van der Waals surface area contributed by atoms with Gasteiger partial charge in [0.05, 0.1) is 12.6 Å². The smallest absolute Gasteiger partial charge is 0.251 e. The first-order valence-electron chi connectivity index (χ1n) is 9.70. The highest BCUT2D eigenvalue weighted by Gasteiger charge is 2.07. The van der Waals surface area contributed by atoms with Crippen molar-refractivity contribution in [2.24, 2.45) is 0 Å². The van der Waals surface area contributed by atoms with E-state index in [-0.39, 0.29) is 24.5 Å². The first-order valence-corrected chi connectivity index (χ1v) is 9.70. The normalized spacial score (nSPS) is 11.4. The SMILES string of the molecule is CCCNC(=O)c1ccc(NC(=O)CNc2ccc(OC(C)CC)cc2)cc1. The van der Waals surface area contributed by atoms with Crippen molar-refractivity contribution in [1.29, 1.82) is 0 Å². The van der Waals surface area contributed by atoms with E-state index in [0.717, 1.165) is 24.3 Å². The Morgan fingerprint density at radius 1 is 0.964 bits per heavy atom. The van der Waals surface area contributed by atoms with Crippen LogP contribution in [0.3, 0.4) is 0 Å². The van der Waals surface area contributed by atoms with E-state index in [1.54, 1.807) is 24.3 Å². The fourth-order valence-corrected chi connectivity index (χ4v) is 2.40. The molecule has 0 saturated heterocycles. The zero-order valence-electron chi connectivity index (χ0n) is 16.7. The molecule has 0 aromatic heterocycles. The number of benzene rings is 2. The first-order chi connectivity index (χ1) is 13.5. The summed E-state index contributed by atoms with van der Waals surface area (Å²) in [7, 11) is 0. The number of hydrogen-bond acceptors (Lipinski definition) is 4. The number of rotatable bonds is 10. The second-order valence-electron chi connectivity index (χ2n) is 6.60. The second-order valence-corrected chi connectivity index (χ2v) is 6.60. The summed E-state index contributed by atoms with van der Waals surface area (Å²) in [6, 6.07) is 14.4. The van der Waals surface area contributed by atoms with Crippen LogP contribution in [-0.2, 0) is 4.79 Å². The third kappa shape index (κ3) is 6.95. The van der Waals surface area contributed by atoms with Crippen molar-refractivity contribution in [3.63, 3.8) is 0 Å². The maximum atomic E-state index is 12.1. The average Bonchev–Trinajstić information content (AvgIpc) is 2.72. The summed E-state index contributed by atoms with van der Waals surface area (Å²) in [5, 5.41) is 8.71. The van der Waals surface area contributed by atoms with Gasteiger partial charge in [-0.1, -0.05) is 13.8 Å².